The summed E-state index contributed by atoms with van der Waals surface area (Å²) in [6.45, 7) is 12.5. The van der Waals surface area contributed by atoms with E-state index >= 15 is 0 Å². The zero-order chi connectivity index (χ0) is 20.5. The van der Waals surface area contributed by atoms with Gasteiger partial charge in [0.05, 0.1) is 17.5 Å². The lowest BCUT2D eigenvalue weighted by molar-refractivity contribution is 0.0775. The molecule has 29 heavy (non-hydrogen) atoms. The molecule has 2 aromatic heterocycles. The average molecular weight is 398 g/mol. The van der Waals surface area contributed by atoms with Crippen molar-refractivity contribution in [2.75, 3.05) is 51.2 Å². The third-order valence-corrected chi connectivity index (χ3v) is 6.21. The van der Waals surface area contributed by atoms with Crippen molar-refractivity contribution in [2.24, 2.45) is 0 Å². The minimum atomic E-state index is 0.0920. The summed E-state index contributed by atoms with van der Waals surface area (Å²) in [5.41, 5.74) is 4.10. The van der Waals surface area contributed by atoms with E-state index in [0.29, 0.717) is 0 Å². The molecule has 1 amide bonds. The Morgan fingerprint density at radius 1 is 1.10 bits per heavy atom. The maximum absolute atomic E-state index is 12.8. The number of hydrogen-bond donors (Lipinski definition) is 0. The number of likely N-dealkylation sites (N-methyl/N-ethyl adjacent to an activating group) is 1. The van der Waals surface area contributed by atoms with Crippen molar-refractivity contribution < 1.29 is 4.79 Å². The van der Waals surface area contributed by atoms with E-state index < -0.39 is 0 Å². The monoisotopic (exact) mass is 397 g/mol. The lowest BCUT2D eigenvalue weighted by Gasteiger charge is -2.36. The number of amides is 1. The van der Waals surface area contributed by atoms with E-state index in [1.165, 1.54) is 5.56 Å². The standard InChI is InChI=1S/C21H31N7O/c1-15-16(2)23-17(3)24-20(15)27-12-10-26(11-13-27)9-8-25(4)21(29)18-14-22-28-7-5-6-19(18)28/h14H,5-13H2,1-4H3. The number of piperazine rings is 1. The zero-order valence-corrected chi connectivity index (χ0v) is 18.0. The van der Waals surface area contributed by atoms with Crippen molar-refractivity contribution >= 4 is 11.7 Å². The first-order valence-electron chi connectivity index (χ1n) is 10.5. The summed E-state index contributed by atoms with van der Waals surface area (Å²) < 4.78 is 1.97. The van der Waals surface area contributed by atoms with Crippen molar-refractivity contribution in [3.8, 4) is 0 Å². The number of carbonyl (C=O) groups is 1. The van der Waals surface area contributed by atoms with Crippen LogP contribution in [-0.4, -0.2) is 81.8 Å². The van der Waals surface area contributed by atoms with Crippen molar-refractivity contribution in [1.29, 1.82) is 0 Å². The average Bonchev–Trinajstić information content (AvgIpc) is 3.32. The van der Waals surface area contributed by atoms with Crippen molar-refractivity contribution in [1.82, 2.24) is 29.5 Å². The smallest absolute Gasteiger partial charge is 0.257 e. The Balaban J connectivity index is 1.29. The van der Waals surface area contributed by atoms with Crippen LogP contribution in [0.4, 0.5) is 5.82 Å². The molecule has 0 atom stereocenters. The molecule has 156 valence electrons. The van der Waals surface area contributed by atoms with Crippen LogP contribution in [0.3, 0.4) is 0 Å². The molecule has 0 bridgehead atoms. The number of hydrogen-bond acceptors (Lipinski definition) is 6. The van der Waals surface area contributed by atoms with E-state index in [-0.39, 0.29) is 5.91 Å². The Morgan fingerprint density at radius 2 is 1.86 bits per heavy atom. The Morgan fingerprint density at radius 3 is 2.62 bits per heavy atom. The predicted molar refractivity (Wildman–Crippen MR) is 112 cm³/mol. The lowest BCUT2D eigenvalue weighted by atomic mass is 10.1. The van der Waals surface area contributed by atoms with Gasteiger partial charge < -0.3 is 9.80 Å². The van der Waals surface area contributed by atoms with Gasteiger partial charge in [0, 0.05) is 64.1 Å². The van der Waals surface area contributed by atoms with Crippen LogP contribution < -0.4 is 4.90 Å². The number of rotatable bonds is 5. The third-order valence-electron chi connectivity index (χ3n) is 6.21. The molecule has 1 fully saturated rings. The first-order valence-corrected chi connectivity index (χ1v) is 10.5. The first-order chi connectivity index (χ1) is 13.9. The second-order valence-corrected chi connectivity index (χ2v) is 8.19. The summed E-state index contributed by atoms with van der Waals surface area (Å²) >= 11 is 0. The zero-order valence-electron chi connectivity index (χ0n) is 18.0. The Bertz CT molecular complexity index is 899. The van der Waals surface area contributed by atoms with Gasteiger partial charge in [-0.2, -0.15) is 5.10 Å². The molecule has 0 spiro atoms. The van der Waals surface area contributed by atoms with Gasteiger partial charge in [-0.05, 0) is 33.6 Å². The van der Waals surface area contributed by atoms with Crippen LogP contribution in [0.15, 0.2) is 6.20 Å². The van der Waals surface area contributed by atoms with Crippen molar-refractivity contribution in [2.45, 2.75) is 40.2 Å². The van der Waals surface area contributed by atoms with E-state index in [1.54, 1.807) is 6.20 Å². The highest BCUT2D eigenvalue weighted by atomic mass is 16.2. The van der Waals surface area contributed by atoms with Gasteiger partial charge in [0.15, 0.2) is 0 Å². The Kier molecular flexibility index (Phi) is 5.54. The number of aryl methyl sites for hydroxylation is 3. The van der Waals surface area contributed by atoms with Gasteiger partial charge >= 0.3 is 0 Å². The molecule has 0 unspecified atom stereocenters. The van der Waals surface area contributed by atoms with Crippen LogP contribution in [0.25, 0.3) is 0 Å². The number of aromatic nitrogens is 4. The fraction of sp³-hybridized carbons (Fsp3) is 0.619. The molecule has 0 N–H and O–H groups in total. The highest BCUT2D eigenvalue weighted by molar-refractivity contribution is 5.95. The summed E-state index contributed by atoms with van der Waals surface area (Å²) in [6.07, 6.45) is 3.78. The van der Waals surface area contributed by atoms with E-state index in [0.717, 1.165) is 87.2 Å². The lowest BCUT2D eigenvalue weighted by Crippen LogP contribution is -2.49. The fourth-order valence-electron chi connectivity index (χ4n) is 4.28. The van der Waals surface area contributed by atoms with Gasteiger partial charge in [0.2, 0.25) is 0 Å². The predicted octanol–water partition coefficient (Wildman–Crippen LogP) is 1.44. The van der Waals surface area contributed by atoms with Gasteiger partial charge in [-0.15, -0.1) is 0 Å². The molecule has 0 aliphatic carbocycles. The fourth-order valence-corrected chi connectivity index (χ4v) is 4.28. The van der Waals surface area contributed by atoms with Gasteiger partial charge in [-0.25, -0.2) is 9.97 Å². The number of carbonyl (C=O) groups excluding carboxylic acids is 1. The van der Waals surface area contributed by atoms with Gasteiger partial charge in [0.1, 0.15) is 11.6 Å². The van der Waals surface area contributed by atoms with Crippen molar-refractivity contribution in [3.05, 3.63) is 34.5 Å². The molecule has 0 radical (unpaired) electrons. The summed E-state index contributed by atoms with van der Waals surface area (Å²) in [7, 11) is 1.90. The second kappa shape index (κ2) is 8.10. The molecule has 1 saturated heterocycles. The van der Waals surface area contributed by atoms with Gasteiger partial charge in [-0.1, -0.05) is 0 Å². The van der Waals surface area contributed by atoms with Crippen LogP contribution in [-0.2, 0) is 13.0 Å². The second-order valence-electron chi connectivity index (χ2n) is 8.19. The van der Waals surface area contributed by atoms with Crippen LogP contribution >= 0.6 is 0 Å². The molecule has 4 heterocycles. The Hall–Kier alpha value is -2.48. The van der Waals surface area contributed by atoms with Crippen molar-refractivity contribution in [3.63, 3.8) is 0 Å². The molecule has 0 aromatic carbocycles. The van der Waals surface area contributed by atoms with Gasteiger partial charge in [0.25, 0.3) is 5.91 Å². The van der Waals surface area contributed by atoms with E-state index in [9.17, 15) is 4.79 Å². The van der Waals surface area contributed by atoms with Crippen LogP contribution in [0, 0.1) is 20.8 Å². The SMILES string of the molecule is Cc1nc(C)c(C)c(N2CCN(CCN(C)C(=O)c3cnn4c3CCC4)CC2)n1. The molecular formula is C21H31N7O. The quantitative estimate of drug-likeness (QED) is 0.760. The number of fused-ring (bicyclic) bond motifs is 1. The highest BCUT2D eigenvalue weighted by Gasteiger charge is 2.25. The van der Waals surface area contributed by atoms with E-state index in [4.69, 9.17) is 0 Å². The number of anilines is 1. The normalized spacial score (nSPS) is 16.9. The summed E-state index contributed by atoms with van der Waals surface area (Å²) in [4.78, 5) is 28.6. The first kappa shape index (κ1) is 19.8. The van der Waals surface area contributed by atoms with Crippen LogP contribution in [0.2, 0.25) is 0 Å². The maximum Gasteiger partial charge on any atom is 0.257 e. The largest absolute Gasteiger partial charge is 0.354 e. The third kappa shape index (κ3) is 3.99. The summed E-state index contributed by atoms with van der Waals surface area (Å²) in [6, 6.07) is 0. The minimum absolute atomic E-state index is 0.0920. The highest BCUT2D eigenvalue weighted by Crippen LogP contribution is 2.21. The molecule has 8 nitrogen and oxygen atoms in total. The van der Waals surface area contributed by atoms with E-state index in [1.807, 2.05) is 30.5 Å². The maximum atomic E-state index is 12.8. The molecule has 4 rings (SSSR count). The van der Waals surface area contributed by atoms with E-state index in [2.05, 4.69) is 31.8 Å². The Labute approximate surface area is 172 Å². The molecular weight excluding hydrogens is 366 g/mol. The topological polar surface area (TPSA) is 70.4 Å². The molecule has 2 aromatic rings. The van der Waals surface area contributed by atoms with Gasteiger partial charge in [-0.3, -0.25) is 14.4 Å². The summed E-state index contributed by atoms with van der Waals surface area (Å²) in [5, 5.41) is 4.35. The minimum Gasteiger partial charge on any atom is -0.354 e. The summed E-state index contributed by atoms with van der Waals surface area (Å²) in [5.74, 6) is 1.99. The molecule has 0 saturated carbocycles. The molecule has 2 aliphatic heterocycles. The van der Waals surface area contributed by atoms with Crippen LogP contribution in [0.1, 0.15) is 39.6 Å². The molecule has 8 heteroatoms. The molecule has 2 aliphatic rings. The number of nitrogens with zero attached hydrogens (tertiary/aromatic N) is 7. The van der Waals surface area contributed by atoms with Crippen LogP contribution in [0.5, 0.6) is 0 Å².